The molecule has 0 bridgehead atoms. The van der Waals surface area contributed by atoms with Crippen molar-refractivity contribution in [3.05, 3.63) is 21.9 Å². The van der Waals surface area contributed by atoms with Crippen LogP contribution in [0.15, 0.2) is 11.4 Å². The Morgan fingerprint density at radius 3 is 2.76 bits per heavy atom. The molecule has 2 nitrogen and oxygen atoms in total. The molecule has 0 saturated heterocycles. The number of aryl methyl sites for hydroxylation is 1. The number of rotatable bonds is 10. The minimum absolute atomic E-state index is 0.467. The van der Waals surface area contributed by atoms with Crippen molar-refractivity contribution in [1.29, 1.82) is 0 Å². The molecule has 120 valence electrons. The third-order valence-corrected chi connectivity index (χ3v) is 5.91. The molecule has 0 saturated carbocycles. The van der Waals surface area contributed by atoms with Crippen molar-refractivity contribution >= 4 is 11.3 Å². The van der Waals surface area contributed by atoms with Gasteiger partial charge in [0.2, 0.25) is 0 Å². The topological polar surface area (TPSA) is 38.0 Å². The summed E-state index contributed by atoms with van der Waals surface area (Å²) in [7, 11) is 0. The zero-order valence-electron chi connectivity index (χ0n) is 13.6. The number of hydrogen-bond acceptors (Lipinski definition) is 3. The number of hydrazine groups is 1. The van der Waals surface area contributed by atoms with Gasteiger partial charge in [-0.2, -0.15) is 0 Å². The molecule has 1 aromatic heterocycles. The highest BCUT2D eigenvalue weighted by atomic mass is 32.1. The average molecular weight is 309 g/mol. The first-order valence-corrected chi connectivity index (χ1v) is 9.77. The molecule has 2 unspecified atom stereocenters. The first-order valence-electron chi connectivity index (χ1n) is 8.89. The Balaban J connectivity index is 1.72. The number of nitrogens with two attached hydrogens (primary N) is 1. The van der Waals surface area contributed by atoms with Crippen LogP contribution in [0.4, 0.5) is 0 Å². The molecule has 0 amide bonds. The number of unbranched alkanes of at least 4 members (excludes halogenated alkanes) is 6. The normalized spacial score (nSPS) is 19.4. The highest BCUT2D eigenvalue weighted by molar-refractivity contribution is 7.10. The highest BCUT2D eigenvalue weighted by Gasteiger charge is 2.27. The maximum absolute atomic E-state index is 5.86. The molecule has 1 aromatic rings. The Morgan fingerprint density at radius 2 is 2.00 bits per heavy atom. The van der Waals surface area contributed by atoms with Gasteiger partial charge in [0.15, 0.2) is 0 Å². The molecule has 1 aliphatic rings. The van der Waals surface area contributed by atoms with Gasteiger partial charge in [-0.3, -0.25) is 11.3 Å². The van der Waals surface area contributed by atoms with Crippen LogP contribution < -0.4 is 11.3 Å². The third-order valence-electron chi connectivity index (χ3n) is 4.92. The lowest BCUT2D eigenvalue weighted by Gasteiger charge is -2.30. The molecule has 0 aromatic carbocycles. The van der Waals surface area contributed by atoms with E-state index < -0.39 is 0 Å². The number of fused-ring (bicyclic) bond motifs is 1. The van der Waals surface area contributed by atoms with E-state index in [0.29, 0.717) is 12.0 Å². The first kappa shape index (κ1) is 17.0. The predicted octanol–water partition coefficient (Wildman–Crippen LogP) is 5.14. The molecule has 1 heterocycles. The Labute approximate surface area is 134 Å². The van der Waals surface area contributed by atoms with Gasteiger partial charge < -0.3 is 0 Å². The minimum atomic E-state index is 0.467. The molecule has 0 spiro atoms. The molecule has 2 rings (SSSR count). The molecule has 2 atom stereocenters. The zero-order chi connectivity index (χ0) is 14.9. The summed E-state index contributed by atoms with van der Waals surface area (Å²) in [6.45, 7) is 2.28. The Hall–Kier alpha value is -0.380. The van der Waals surface area contributed by atoms with Crippen LogP contribution in [0.2, 0.25) is 0 Å². The summed E-state index contributed by atoms with van der Waals surface area (Å²) in [5.74, 6) is 6.51. The quantitative estimate of drug-likeness (QED) is 0.357. The predicted molar refractivity (Wildman–Crippen MR) is 93.7 cm³/mol. The van der Waals surface area contributed by atoms with Crippen molar-refractivity contribution in [2.24, 2.45) is 5.84 Å². The summed E-state index contributed by atoms with van der Waals surface area (Å²) in [6, 6.07) is 2.80. The van der Waals surface area contributed by atoms with E-state index in [-0.39, 0.29) is 0 Å². The number of thiophene rings is 1. The summed E-state index contributed by atoms with van der Waals surface area (Å²) in [6.07, 6.45) is 14.8. The molecule has 21 heavy (non-hydrogen) atoms. The van der Waals surface area contributed by atoms with Crippen LogP contribution in [0.25, 0.3) is 0 Å². The van der Waals surface area contributed by atoms with Gasteiger partial charge in [-0.15, -0.1) is 11.3 Å². The Bertz CT molecular complexity index is 388. The molecule has 0 fully saturated rings. The maximum Gasteiger partial charge on any atom is 0.0279 e. The second kappa shape index (κ2) is 9.60. The standard InChI is InChI=1S/C18H32N2S/c1-2-3-4-5-6-7-8-11-17(20-19)15-10-9-12-18-16(15)13-14-21-18/h13-15,17,20H,2-12,19H2,1H3. The number of nitrogens with one attached hydrogen (secondary N) is 1. The average Bonchev–Trinajstić information content (AvgIpc) is 2.99. The van der Waals surface area contributed by atoms with Crippen molar-refractivity contribution in [3.63, 3.8) is 0 Å². The lowest BCUT2D eigenvalue weighted by atomic mass is 9.81. The van der Waals surface area contributed by atoms with Crippen LogP contribution in [-0.2, 0) is 6.42 Å². The summed E-state index contributed by atoms with van der Waals surface area (Å²) in [4.78, 5) is 1.60. The van der Waals surface area contributed by atoms with E-state index in [2.05, 4.69) is 23.8 Å². The van der Waals surface area contributed by atoms with E-state index in [4.69, 9.17) is 5.84 Å². The van der Waals surface area contributed by atoms with E-state index in [9.17, 15) is 0 Å². The first-order chi connectivity index (χ1) is 10.4. The van der Waals surface area contributed by atoms with Crippen LogP contribution in [0.3, 0.4) is 0 Å². The SMILES string of the molecule is CCCCCCCCCC(NN)C1CCCc2sccc21. The third kappa shape index (κ3) is 5.08. The van der Waals surface area contributed by atoms with E-state index in [1.807, 2.05) is 11.3 Å². The second-order valence-corrected chi connectivity index (χ2v) is 7.48. The second-order valence-electron chi connectivity index (χ2n) is 6.48. The van der Waals surface area contributed by atoms with Crippen molar-refractivity contribution in [1.82, 2.24) is 5.43 Å². The fraction of sp³-hybridized carbons (Fsp3) is 0.778. The van der Waals surface area contributed by atoms with Crippen LogP contribution in [0, 0.1) is 0 Å². The van der Waals surface area contributed by atoms with E-state index in [1.165, 1.54) is 70.6 Å². The molecular formula is C18H32N2S. The summed E-state index contributed by atoms with van der Waals surface area (Å²) in [5, 5.41) is 2.25. The van der Waals surface area contributed by atoms with Gasteiger partial charge in [-0.25, -0.2) is 0 Å². The Kier molecular flexibility index (Phi) is 7.76. The highest BCUT2D eigenvalue weighted by Crippen LogP contribution is 2.38. The smallest absolute Gasteiger partial charge is 0.0279 e. The largest absolute Gasteiger partial charge is 0.271 e. The lowest BCUT2D eigenvalue weighted by molar-refractivity contribution is 0.367. The molecule has 1 aliphatic carbocycles. The van der Waals surface area contributed by atoms with Crippen LogP contribution in [0.1, 0.15) is 87.5 Å². The van der Waals surface area contributed by atoms with Crippen molar-refractivity contribution in [2.75, 3.05) is 0 Å². The van der Waals surface area contributed by atoms with Gasteiger partial charge >= 0.3 is 0 Å². The van der Waals surface area contributed by atoms with Crippen LogP contribution >= 0.6 is 11.3 Å². The van der Waals surface area contributed by atoms with Crippen molar-refractivity contribution < 1.29 is 0 Å². The molecule has 0 radical (unpaired) electrons. The Morgan fingerprint density at radius 1 is 1.24 bits per heavy atom. The van der Waals surface area contributed by atoms with Gasteiger partial charge in [0.1, 0.15) is 0 Å². The number of hydrogen-bond donors (Lipinski definition) is 2. The zero-order valence-corrected chi connectivity index (χ0v) is 14.4. The van der Waals surface area contributed by atoms with Crippen molar-refractivity contribution in [3.8, 4) is 0 Å². The molecule has 0 aliphatic heterocycles. The fourth-order valence-electron chi connectivity index (χ4n) is 3.66. The van der Waals surface area contributed by atoms with Crippen LogP contribution in [-0.4, -0.2) is 6.04 Å². The van der Waals surface area contributed by atoms with E-state index >= 15 is 0 Å². The maximum atomic E-state index is 5.86. The lowest BCUT2D eigenvalue weighted by Crippen LogP contribution is -2.40. The summed E-state index contributed by atoms with van der Waals surface area (Å²) >= 11 is 1.93. The van der Waals surface area contributed by atoms with Gasteiger partial charge in [0.25, 0.3) is 0 Å². The van der Waals surface area contributed by atoms with Gasteiger partial charge in [0.05, 0.1) is 0 Å². The summed E-state index contributed by atoms with van der Waals surface area (Å²) < 4.78 is 0. The fourth-order valence-corrected chi connectivity index (χ4v) is 4.66. The van der Waals surface area contributed by atoms with Gasteiger partial charge in [0, 0.05) is 16.8 Å². The van der Waals surface area contributed by atoms with Crippen molar-refractivity contribution in [2.45, 2.75) is 89.5 Å². The van der Waals surface area contributed by atoms with E-state index in [1.54, 1.807) is 10.4 Å². The minimum Gasteiger partial charge on any atom is -0.271 e. The molecular weight excluding hydrogens is 276 g/mol. The van der Waals surface area contributed by atoms with Gasteiger partial charge in [-0.05, 0) is 42.7 Å². The van der Waals surface area contributed by atoms with Crippen LogP contribution in [0.5, 0.6) is 0 Å². The summed E-state index contributed by atoms with van der Waals surface area (Å²) in [5.41, 5.74) is 4.70. The van der Waals surface area contributed by atoms with Gasteiger partial charge in [-0.1, -0.05) is 51.9 Å². The van der Waals surface area contributed by atoms with E-state index in [0.717, 1.165) is 0 Å². The molecule has 3 heteroatoms. The monoisotopic (exact) mass is 308 g/mol. The molecule has 3 N–H and O–H groups in total.